The number of hydrogen-bond acceptors (Lipinski definition) is 4. The van der Waals surface area contributed by atoms with Crippen LogP contribution in [-0.2, 0) is 20.7 Å². The monoisotopic (exact) mass is 302 g/mol. The van der Waals surface area contributed by atoms with Gasteiger partial charge in [0, 0.05) is 29.9 Å². The van der Waals surface area contributed by atoms with E-state index >= 15 is 0 Å². The van der Waals surface area contributed by atoms with Gasteiger partial charge in [0.25, 0.3) is 0 Å². The Morgan fingerprint density at radius 2 is 2.05 bits per heavy atom. The summed E-state index contributed by atoms with van der Waals surface area (Å²) in [6.07, 6.45) is 5.14. The van der Waals surface area contributed by atoms with Crippen LogP contribution in [-0.4, -0.2) is 23.0 Å². The molecular formula is C17H22N2O3. The number of aromatic amines is 1. The molecule has 0 bridgehead atoms. The van der Waals surface area contributed by atoms with Gasteiger partial charge in [-0.2, -0.15) is 0 Å². The van der Waals surface area contributed by atoms with Crippen molar-refractivity contribution >= 4 is 22.8 Å². The molecule has 1 aromatic carbocycles. The maximum absolute atomic E-state index is 11.9. The molecule has 22 heavy (non-hydrogen) atoms. The third-order valence-corrected chi connectivity index (χ3v) is 3.62. The van der Waals surface area contributed by atoms with Crippen molar-refractivity contribution in [3.05, 3.63) is 36.0 Å². The second-order valence-corrected chi connectivity index (χ2v) is 5.42. The van der Waals surface area contributed by atoms with Crippen molar-refractivity contribution < 1.29 is 14.3 Å². The summed E-state index contributed by atoms with van der Waals surface area (Å²) in [6, 6.07) is 6.95. The molecule has 0 fully saturated rings. The fourth-order valence-electron chi connectivity index (χ4n) is 2.38. The maximum Gasteiger partial charge on any atom is 0.330 e. The summed E-state index contributed by atoms with van der Waals surface area (Å²) in [6.45, 7) is 2.05. The lowest BCUT2D eigenvalue weighted by atomic mass is 10.1. The number of carbonyl (C=O) groups is 2. The molecule has 0 aliphatic heterocycles. The standard InChI is InChI=1S/C17H22N2O3/c1-2-3-4-9-16(20)22-17(21)14(18)10-12-11-19-15-8-6-5-7-13(12)15/h5-8,11,14,19H,2-4,9-10,18H2,1H3/t14-/m0/s1. The lowest BCUT2D eigenvalue weighted by Gasteiger charge is -2.10. The van der Waals surface area contributed by atoms with E-state index in [0.717, 1.165) is 35.7 Å². The smallest absolute Gasteiger partial charge is 0.330 e. The fourth-order valence-corrected chi connectivity index (χ4v) is 2.38. The van der Waals surface area contributed by atoms with Crippen LogP contribution >= 0.6 is 0 Å². The number of fused-ring (bicyclic) bond motifs is 1. The van der Waals surface area contributed by atoms with Crippen molar-refractivity contribution in [1.29, 1.82) is 0 Å². The first-order chi connectivity index (χ1) is 10.6. The molecule has 0 aliphatic carbocycles. The van der Waals surface area contributed by atoms with E-state index in [1.54, 1.807) is 0 Å². The Labute approximate surface area is 129 Å². The van der Waals surface area contributed by atoms with Crippen LogP contribution < -0.4 is 5.73 Å². The van der Waals surface area contributed by atoms with Crippen LogP contribution in [0.25, 0.3) is 10.9 Å². The summed E-state index contributed by atoms with van der Waals surface area (Å²) in [5, 5.41) is 1.03. The molecular weight excluding hydrogens is 280 g/mol. The summed E-state index contributed by atoms with van der Waals surface area (Å²) in [5.74, 6) is -1.15. The lowest BCUT2D eigenvalue weighted by molar-refractivity contribution is -0.160. The van der Waals surface area contributed by atoms with E-state index in [1.807, 2.05) is 37.4 Å². The van der Waals surface area contributed by atoms with Gasteiger partial charge in [0.05, 0.1) is 0 Å². The molecule has 2 rings (SSSR count). The molecule has 5 nitrogen and oxygen atoms in total. The summed E-state index contributed by atoms with van der Waals surface area (Å²) >= 11 is 0. The van der Waals surface area contributed by atoms with E-state index in [2.05, 4.69) is 4.98 Å². The van der Waals surface area contributed by atoms with Crippen molar-refractivity contribution in [3.63, 3.8) is 0 Å². The summed E-state index contributed by atoms with van der Waals surface area (Å²) in [5.41, 5.74) is 7.80. The Hall–Kier alpha value is -2.14. The maximum atomic E-state index is 11.9. The highest BCUT2D eigenvalue weighted by Gasteiger charge is 2.20. The van der Waals surface area contributed by atoms with Gasteiger partial charge in [-0.1, -0.05) is 38.0 Å². The first-order valence-corrected chi connectivity index (χ1v) is 7.67. The van der Waals surface area contributed by atoms with Crippen LogP contribution in [0.2, 0.25) is 0 Å². The van der Waals surface area contributed by atoms with Gasteiger partial charge < -0.3 is 15.5 Å². The molecule has 2 aromatic rings. The normalized spacial score (nSPS) is 12.3. The van der Waals surface area contributed by atoms with Crippen LogP contribution in [0.1, 0.15) is 38.2 Å². The van der Waals surface area contributed by atoms with Gasteiger partial charge in [0.1, 0.15) is 6.04 Å². The third-order valence-electron chi connectivity index (χ3n) is 3.62. The molecule has 1 aromatic heterocycles. The van der Waals surface area contributed by atoms with Crippen molar-refractivity contribution in [2.45, 2.75) is 45.1 Å². The molecule has 0 amide bonds. The second-order valence-electron chi connectivity index (χ2n) is 5.42. The number of benzene rings is 1. The number of hydrogen-bond donors (Lipinski definition) is 2. The predicted octanol–water partition coefficient (Wildman–Crippen LogP) is 2.69. The number of unbranched alkanes of at least 4 members (excludes halogenated alkanes) is 2. The van der Waals surface area contributed by atoms with Crippen LogP contribution in [0.4, 0.5) is 0 Å². The molecule has 0 unspecified atom stereocenters. The average Bonchev–Trinajstić information content (AvgIpc) is 2.91. The Morgan fingerprint density at radius 3 is 2.82 bits per heavy atom. The lowest BCUT2D eigenvalue weighted by Crippen LogP contribution is -2.35. The Morgan fingerprint density at radius 1 is 1.27 bits per heavy atom. The van der Waals surface area contributed by atoms with E-state index in [1.165, 1.54) is 0 Å². The van der Waals surface area contributed by atoms with Crippen LogP contribution in [0.15, 0.2) is 30.5 Å². The Bertz CT molecular complexity index is 648. The molecule has 5 heteroatoms. The molecule has 0 aliphatic rings. The summed E-state index contributed by atoms with van der Waals surface area (Å²) < 4.78 is 4.81. The van der Waals surface area contributed by atoms with Gasteiger partial charge >= 0.3 is 11.9 Å². The Balaban J connectivity index is 1.90. The number of carbonyl (C=O) groups excluding carboxylic acids is 2. The van der Waals surface area contributed by atoms with Crippen molar-refractivity contribution in [1.82, 2.24) is 4.98 Å². The van der Waals surface area contributed by atoms with Crippen LogP contribution in [0.5, 0.6) is 0 Å². The minimum absolute atomic E-state index is 0.263. The zero-order valence-electron chi connectivity index (χ0n) is 12.8. The molecule has 118 valence electrons. The number of nitrogens with two attached hydrogens (primary N) is 1. The minimum Gasteiger partial charge on any atom is -0.392 e. The zero-order valence-corrected chi connectivity index (χ0v) is 12.8. The van der Waals surface area contributed by atoms with E-state index in [4.69, 9.17) is 10.5 Å². The number of H-pyrrole nitrogens is 1. The van der Waals surface area contributed by atoms with E-state index < -0.39 is 18.0 Å². The molecule has 0 radical (unpaired) electrons. The SMILES string of the molecule is CCCCCC(=O)OC(=O)[C@@H](N)Cc1c[nH]c2ccccc12. The molecule has 1 atom stereocenters. The molecule has 0 saturated heterocycles. The van der Waals surface area contributed by atoms with Crippen LogP contribution in [0, 0.1) is 0 Å². The number of esters is 2. The third kappa shape index (κ3) is 4.18. The highest BCUT2D eigenvalue weighted by atomic mass is 16.6. The number of rotatable bonds is 7. The molecule has 1 heterocycles. The quantitative estimate of drug-likeness (QED) is 0.468. The molecule has 0 spiro atoms. The first-order valence-electron chi connectivity index (χ1n) is 7.67. The predicted molar refractivity (Wildman–Crippen MR) is 85.2 cm³/mol. The van der Waals surface area contributed by atoms with Crippen molar-refractivity contribution in [3.8, 4) is 0 Å². The van der Waals surface area contributed by atoms with Crippen molar-refractivity contribution in [2.24, 2.45) is 5.73 Å². The highest BCUT2D eigenvalue weighted by molar-refractivity contribution is 5.89. The second kappa shape index (κ2) is 7.75. The van der Waals surface area contributed by atoms with Crippen LogP contribution in [0.3, 0.4) is 0 Å². The summed E-state index contributed by atoms with van der Waals surface area (Å²) in [4.78, 5) is 26.5. The number of ether oxygens (including phenoxy) is 1. The molecule has 3 N–H and O–H groups in total. The highest BCUT2D eigenvalue weighted by Crippen LogP contribution is 2.19. The van der Waals surface area contributed by atoms with Crippen molar-refractivity contribution in [2.75, 3.05) is 0 Å². The fraction of sp³-hybridized carbons (Fsp3) is 0.412. The van der Waals surface area contributed by atoms with E-state index in [0.29, 0.717) is 6.42 Å². The Kier molecular flexibility index (Phi) is 5.72. The van der Waals surface area contributed by atoms with Gasteiger partial charge in [-0.3, -0.25) is 4.79 Å². The molecule has 0 saturated carbocycles. The number of nitrogens with one attached hydrogen (secondary N) is 1. The first kappa shape index (κ1) is 16.2. The number of para-hydroxylation sites is 1. The van der Waals surface area contributed by atoms with Gasteiger partial charge in [-0.15, -0.1) is 0 Å². The number of aromatic nitrogens is 1. The topological polar surface area (TPSA) is 85.2 Å². The van der Waals surface area contributed by atoms with Gasteiger partial charge in [-0.05, 0) is 18.1 Å². The van der Waals surface area contributed by atoms with Gasteiger partial charge in [0.2, 0.25) is 0 Å². The zero-order chi connectivity index (χ0) is 15.9. The van der Waals surface area contributed by atoms with Gasteiger partial charge in [-0.25, -0.2) is 4.79 Å². The minimum atomic E-state index is -0.839. The van der Waals surface area contributed by atoms with Gasteiger partial charge in [0.15, 0.2) is 0 Å². The average molecular weight is 302 g/mol. The van der Waals surface area contributed by atoms with E-state index in [-0.39, 0.29) is 6.42 Å². The summed E-state index contributed by atoms with van der Waals surface area (Å²) in [7, 11) is 0. The van der Waals surface area contributed by atoms with E-state index in [9.17, 15) is 9.59 Å². The largest absolute Gasteiger partial charge is 0.392 e.